The van der Waals surface area contributed by atoms with Gasteiger partial charge in [-0.1, -0.05) is 0 Å². The molecule has 21 heavy (non-hydrogen) atoms. The normalized spacial score (nSPS) is 18.0. The van der Waals surface area contributed by atoms with Crippen LogP contribution in [0.5, 0.6) is 0 Å². The topological polar surface area (TPSA) is 62.8 Å². The fourth-order valence-corrected chi connectivity index (χ4v) is 3.75. The van der Waals surface area contributed by atoms with Crippen LogP contribution >= 0.6 is 11.3 Å². The maximum absolute atomic E-state index is 5.54. The number of H-pyrrole nitrogens is 1. The SMILES string of the molecule is Cc1csc(C2(NCc3nc(C)c(C)[nH]3)CCOCC2)n1. The Morgan fingerprint density at radius 3 is 2.62 bits per heavy atom. The Hall–Kier alpha value is -1.24. The summed E-state index contributed by atoms with van der Waals surface area (Å²) in [6.07, 6.45) is 1.91. The molecule has 0 bridgehead atoms. The first-order valence-corrected chi connectivity index (χ1v) is 8.24. The summed E-state index contributed by atoms with van der Waals surface area (Å²) in [7, 11) is 0. The highest BCUT2D eigenvalue weighted by atomic mass is 32.1. The fraction of sp³-hybridized carbons (Fsp3) is 0.600. The van der Waals surface area contributed by atoms with Crippen molar-refractivity contribution in [2.45, 2.75) is 45.7 Å². The second kappa shape index (κ2) is 5.87. The number of aromatic amines is 1. The van der Waals surface area contributed by atoms with Crippen LogP contribution in [0.4, 0.5) is 0 Å². The second-order valence-corrected chi connectivity index (χ2v) is 6.59. The lowest BCUT2D eigenvalue weighted by molar-refractivity contribution is 0.0354. The van der Waals surface area contributed by atoms with E-state index in [0.717, 1.165) is 55.5 Å². The predicted molar refractivity (Wildman–Crippen MR) is 83.5 cm³/mol. The Morgan fingerprint density at radius 1 is 1.29 bits per heavy atom. The Balaban J connectivity index is 1.79. The van der Waals surface area contributed by atoms with Gasteiger partial charge < -0.3 is 9.72 Å². The van der Waals surface area contributed by atoms with Crippen molar-refractivity contribution in [1.29, 1.82) is 0 Å². The number of ether oxygens (including phenoxy) is 1. The van der Waals surface area contributed by atoms with Crippen LogP contribution in [0.2, 0.25) is 0 Å². The highest BCUT2D eigenvalue weighted by Gasteiger charge is 2.36. The number of nitrogens with zero attached hydrogens (tertiary/aromatic N) is 2. The zero-order chi connectivity index (χ0) is 14.9. The van der Waals surface area contributed by atoms with Crippen molar-refractivity contribution in [3.05, 3.63) is 33.3 Å². The minimum Gasteiger partial charge on any atom is -0.381 e. The molecule has 3 heterocycles. The van der Waals surface area contributed by atoms with E-state index in [-0.39, 0.29) is 5.54 Å². The Bertz CT molecular complexity index is 593. The molecule has 0 saturated carbocycles. The summed E-state index contributed by atoms with van der Waals surface area (Å²) in [5.41, 5.74) is 3.22. The smallest absolute Gasteiger partial charge is 0.120 e. The molecule has 1 fully saturated rings. The molecule has 0 atom stereocenters. The van der Waals surface area contributed by atoms with E-state index in [1.807, 2.05) is 13.8 Å². The molecule has 0 unspecified atom stereocenters. The first-order chi connectivity index (χ1) is 10.1. The molecule has 0 aromatic carbocycles. The van der Waals surface area contributed by atoms with Crippen molar-refractivity contribution in [2.75, 3.05) is 13.2 Å². The van der Waals surface area contributed by atoms with E-state index in [4.69, 9.17) is 9.72 Å². The first-order valence-electron chi connectivity index (χ1n) is 7.36. The van der Waals surface area contributed by atoms with E-state index >= 15 is 0 Å². The van der Waals surface area contributed by atoms with Crippen LogP contribution in [0.3, 0.4) is 0 Å². The molecule has 0 aliphatic carbocycles. The second-order valence-electron chi connectivity index (χ2n) is 5.74. The summed E-state index contributed by atoms with van der Waals surface area (Å²) in [5, 5.41) is 6.99. The average molecular weight is 306 g/mol. The standard InChI is InChI=1S/C15H22N4OS/c1-10-9-21-14(17-10)15(4-6-20-7-5-15)16-8-13-18-11(2)12(3)19-13/h9,16H,4-8H2,1-3H3,(H,18,19). The van der Waals surface area contributed by atoms with Gasteiger partial charge in [-0.3, -0.25) is 5.32 Å². The third kappa shape index (κ3) is 3.02. The highest BCUT2D eigenvalue weighted by Crippen LogP contribution is 2.34. The Morgan fingerprint density at radius 2 is 2.05 bits per heavy atom. The zero-order valence-electron chi connectivity index (χ0n) is 12.8. The number of nitrogens with one attached hydrogen (secondary N) is 2. The van der Waals surface area contributed by atoms with Gasteiger partial charge in [0.05, 0.1) is 17.8 Å². The lowest BCUT2D eigenvalue weighted by atomic mass is 9.90. The zero-order valence-corrected chi connectivity index (χ0v) is 13.6. The molecule has 0 amide bonds. The minimum atomic E-state index is -0.0776. The molecule has 6 heteroatoms. The molecule has 2 N–H and O–H groups in total. The number of imidazole rings is 1. The summed E-state index contributed by atoms with van der Waals surface area (Å²) >= 11 is 1.74. The summed E-state index contributed by atoms with van der Waals surface area (Å²) < 4.78 is 5.54. The van der Waals surface area contributed by atoms with Crippen LogP contribution in [0.25, 0.3) is 0 Å². The van der Waals surface area contributed by atoms with Gasteiger partial charge in [-0.15, -0.1) is 11.3 Å². The minimum absolute atomic E-state index is 0.0776. The van der Waals surface area contributed by atoms with Crippen LogP contribution in [-0.4, -0.2) is 28.2 Å². The van der Waals surface area contributed by atoms with Gasteiger partial charge in [0, 0.05) is 30.0 Å². The molecule has 2 aromatic heterocycles. The lowest BCUT2D eigenvalue weighted by Crippen LogP contribution is -2.46. The van der Waals surface area contributed by atoms with Gasteiger partial charge in [-0.25, -0.2) is 9.97 Å². The highest BCUT2D eigenvalue weighted by molar-refractivity contribution is 7.09. The molecule has 0 radical (unpaired) electrons. The maximum Gasteiger partial charge on any atom is 0.120 e. The molecule has 1 saturated heterocycles. The van der Waals surface area contributed by atoms with E-state index < -0.39 is 0 Å². The first kappa shape index (κ1) is 14.7. The summed E-state index contributed by atoms with van der Waals surface area (Å²) in [4.78, 5) is 12.6. The number of rotatable bonds is 4. The average Bonchev–Trinajstić information content (AvgIpc) is 3.05. The van der Waals surface area contributed by atoms with E-state index in [2.05, 4.69) is 27.6 Å². The third-order valence-corrected chi connectivity index (χ3v) is 5.31. The number of hydrogen-bond donors (Lipinski definition) is 2. The number of hydrogen-bond acceptors (Lipinski definition) is 5. The summed E-state index contributed by atoms with van der Waals surface area (Å²) in [5.74, 6) is 0.990. The van der Waals surface area contributed by atoms with Crippen LogP contribution < -0.4 is 5.32 Å². The van der Waals surface area contributed by atoms with Crippen molar-refractivity contribution >= 4 is 11.3 Å². The third-order valence-electron chi connectivity index (χ3n) is 4.15. The molecule has 3 rings (SSSR count). The van der Waals surface area contributed by atoms with Gasteiger partial charge in [0.15, 0.2) is 0 Å². The summed E-state index contributed by atoms with van der Waals surface area (Å²) in [6.45, 7) is 8.42. The van der Waals surface area contributed by atoms with Crippen molar-refractivity contribution in [2.24, 2.45) is 0 Å². The molecule has 2 aromatic rings. The van der Waals surface area contributed by atoms with E-state index in [0.29, 0.717) is 0 Å². The Labute approximate surface area is 129 Å². The molecule has 1 aliphatic heterocycles. The largest absolute Gasteiger partial charge is 0.381 e. The van der Waals surface area contributed by atoms with Crippen LogP contribution in [0, 0.1) is 20.8 Å². The predicted octanol–water partition coefficient (Wildman–Crippen LogP) is 2.59. The van der Waals surface area contributed by atoms with Crippen molar-refractivity contribution in [1.82, 2.24) is 20.3 Å². The molecule has 1 aliphatic rings. The summed E-state index contributed by atoms with van der Waals surface area (Å²) in [6, 6.07) is 0. The van der Waals surface area contributed by atoms with Crippen molar-refractivity contribution in [3.8, 4) is 0 Å². The van der Waals surface area contributed by atoms with Gasteiger partial charge in [0.25, 0.3) is 0 Å². The molecule has 0 spiro atoms. The molecule has 114 valence electrons. The number of aromatic nitrogens is 3. The van der Waals surface area contributed by atoms with Crippen molar-refractivity contribution < 1.29 is 4.74 Å². The van der Waals surface area contributed by atoms with E-state index in [1.165, 1.54) is 5.01 Å². The van der Waals surface area contributed by atoms with Crippen LogP contribution in [0.1, 0.15) is 40.8 Å². The fourth-order valence-electron chi connectivity index (χ4n) is 2.72. The van der Waals surface area contributed by atoms with E-state index in [1.54, 1.807) is 11.3 Å². The molecular weight excluding hydrogens is 284 g/mol. The number of aryl methyl sites for hydroxylation is 3. The van der Waals surface area contributed by atoms with Crippen molar-refractivity contribution in [3.63, 3.8) is 0 Å². The van der Waals surface area contributed by atoms with E-state index in [9.17, 15) is 0 Å². The molecular formula is C15H22N4OS. The van der Waals surface area contributed by atoms with Gasteiger partial charge >= 0.3 is 0 Å². The maximum atomic E-state index is 5.54. The number of thiazole rings is 1. The van der Waals surface area contributed by atoms with Gasteiger partial charge in [-0.2, -0.15) is 0 Å². The van der Waals surface area contributed by atoms with Gasteiger partial charge in [0.2, 0.25) is 0 Å². The van der Waals surface area contributed by atoms with Crippen LogP contribution in [0.15, 0.2) is 5.38 Å². The molecule has 5 nitrogen and oxygen atoms in total. The van der Waals surface area contributed by atoms with Gasteiger partial charge in [-0.05, 0) is 33.6 Å². The van der Waals surface area contributed by atoms with Gasteiger partial charge in [0.1, 0.15) is 10.8 Å². The quantitative estimate of drug-likeness (QED) is 0.911. The lowest BCUT2D eigenvalue weighted by Gasteiger charge is -2.36. The van der Waals surface area contributed by atoms with Crippen LogP contribution in [-0.2, 0) is 16.8 Å². The Kier molecular flexibility index (Phi) is 4.10. The monoisotopic (exact) mass is 306 g/mol.